The van der Waals surface area contributed by atoms with E-state index in [-0.39, 0.29) is 42.9 Å². The molecule has 0 spiro atoms. The number of nitrogens with one attached hydrogen (secondary N) is 1. The standard InChI is InChI=1S/C19H29N3O4.2ClH/c1-14-18(20-5-10-26-14)19(23)22-7-4-6-21(8-9-22)15-11-16(24-2)13-17(12-15)25-3;;/h11-14,18,20H,4-10H2,1-3H3;2*1H/t14-,18+;;/m1../s1. The average Bonchev–Trinajstić information content (AvgIpc) is 2.93. The lowest BCUT2D eigenvalue weighted by Crippen LogP contribution is -2.56. The second-order valence-corrected chi connectivity index (χ2v) is 6.74. The van der Waals surface area contributed by atoms with E-state index in [1.165, 1.54) is 0 Å². The van der Waals surface area contributed by atoms with Crippen molar-refractivity contribution in [3.05, 3.63) is 18.2 Å². The second-order valence-electron chi connectivity index (χ2n) is 6.74. The van der Waals surface area contributed by atoms with E-state index >= 15 is 0 Å². The number of hydrogen-bond donors (Lipinski definition) is 1. The van der Waals surface area contributed by atoms with E-state index < -0.39 is 0 Å². The number of methoxy groups -OCH3 is 2. The summed E-state index contributed by atoms with van der Waals surface area (Å²) in [4.78, 5) is 17.1. The Labute approximate surface area is 179 Å². The Bertz CT molecular complexity index is 613. The summed E-state index contributed by atoms with van der Waals surface area (Å²) in [6.07, 6.45) is 0.839. The molecule has 7 nitrogen and oxygen atoms in total. The van der Waals surface area contributed by atoms with Crippen molar-refractivity contribution in [2.24, 2.45) is 0 Å². The Kier molecular flexibility index (Phi) is 10.2. The number of carbonyl (C=O) groups excluding carboxylic acids is 1. The zero-order valence-electron chi connectivity index (χ0n) is 16.7. The predicted molar refractivity (Wildman–Crippen MR) is 115 cm³/mol. The fraction of sp³-hybridized carbons (Fsp3) is 0.632. The quantitative estimate of drug-likeness (QED) is 0.779. The molecule has 3 rings (SSSR count). The normalized spacial score (nSPS) is 22.4. The van der Waals surface area contributed by atoms with E-state index in [9.17, 15) is 4.79 Å². The number of carbonyl (C=O) groups is 1. The van der Waals surface area contributed by atoms with Crippen LogP contribution >= 0.6 is 24.8 Å². The molecule has 2 heterocycles. The topological polar surface area (TPSA) is 63.3 Å². The number of anilines is 1. The molecule has 0 unspecified atom stereocenters. The lowest BCUT2D eigenvalue weighted by Gasteiger charge is -2.33. The molecule has 0 radical (unpaired) electrons. The lowest BCUT2D eigenvalue weighted by atomic mass is 10.1. The Hall–Kier alpha value is -1.41. The van der Waals surface area contributed by atoms with Gasteiger partial charge in [0.05, 0.1) is 26.9 Å². The molecule has 0 aliphatic carbocycles. The maximum Gasteiger partial charge on any atom is 0.242 e. The summed E-state index contributed by atoms with van der Waals surface area (Å²) >= 11 is 0. The minimum absolute atomic E-state index is 0. The Morgan fingerprint density at radius 1 is 1.07 bits per heavy atom. The molecule has 2 saturated heterocycles. The van der Waals surface area contributed by atoms with Gasteiger partial charge >= 0.3 is 0 Å². The number of hydrogen-bond acceptors (Lipinski definition) is 6. The molecule has 0 saturated carbocycles. The highest BCUT2D eigenvalue weighted by atomic mass is 35.5. The summed E-state index contributed by atoms with van der Waals surface area (Å²) in [5, 5.41) is 3.30. The van der Waals surface area contributed by atoms with Gasteiger partial charge in [0, 0.05) is 56.6 Å². The summed E-state index contributed by atoms with van der Waals surface area (Å²) in [7, 11) is 3.31. The average molecular weight is 436 g/mol. The molecule has 0 aromatic heterocycles. The third-order valence-electron chi connectivity index (χ3n) is 5.09. The van der Waals surface area contributed by atoms with Crippen LogP contribution in [0.15, 0.2) is 18.2 Å². The third-order valence-corrected chi connectivity index (χ3v) is 5.09. The van der Waals surface area contributed by atoms with Gasteiger partial charge in [0.25, 0.3) is 0 Å². The number of ether oxygens (including phenoxy) is 3. The molecule has 0 bridgehead atoms. The lowest BCUT2D eigenvalue weighted by molar-refractivity contribution is -0.139. The maximum absolute atomic E-state index is 12.9. The third kappa shape index (κ3) is 5.80. The van der Waals surface area contributed by atoms with Crippen molar-refractivity contribution >= 4 is 36.4 Å². The zero-order chi connectivity index (χ0) is 18.5. The maximum atomic E-state index is 12.9. The summed E-state index contributed by atoms with van der Waals surface area (Å²) in [5.41, 5.74) is 1.06. The first-order chi connectivity index (χ1) is 12.6. The summed E-state index contributed by atoms with van der Waals surface area (Å²) in [5.74, 6) is 1.69. The predicted octanol–water partition coefficient (Wildman–Crippen LogP) is 1.96. The monoisotopic (exact) mass is 435 g/mol. The highest BCUT2D eigenvalue weighted by Crippen LogP contribution is 2.29. The highest BCUT2D eigenvalue weighted by Gasteiger charge is 2.32. The number of morpholine rings is 1. The van der Waals surface area contributed by atoms with Gasteiger partial charge in [-0.25, -0.2) is 0 Å². The minimum atomic E-state index is -0.243. The van der Waals surface area contributed by atoms with Gasteiger partial charge in [0.1, 0.15) is 17.5 Å². The van der Waals surface area contributed by atoms with E-state index in [1.54, 1.807) is 14.2 Å². The van der Waals surface area contributed by atoms with Gasteiger partial charge in [-0.3, -0.25) is 4.79 Å². The molecular formula is C19H31Cl2N3O4. The van der Waals surface area contributed by atoms with Crippen LogP contribution in [-0.4, -0.2) is 76.5 Å². The van der Waals surface area contributed by atoms with Crippen molar-refractivity contribution in [2.75, 3.05) is 58.5 Å². The smallest absolute Gasteiger partial charge is 0.242 e. The van der Waals surface area contributed by atoms with Crippen molar-refractivity contribution in [1.29, 1.82) is 0 Å². The van der Waals surface area contributed by atoms with Crippen LogP contribution < -0.4 is 19.7 Å². The fourth-order valence-electron chi connectivity index (χ4n) is 3.58. The van der Waals surface area contributed by atoms with Crippen LogP contribution in [0.3, 0.4) is 0 Å². The number of nitrogens with zero attached hydrogens (tertiary/aromatic N) is 2. The van der Waals surface area contributed by atoms with Crippen LogP contribution in [0.2, 0.25) is 0 Å². The largest absolute Gasteiger partial charge is 0.497 e. The zero-order valence-corrected chi connectivity index (χ0v) is 18.3. The first kappa shape index (κ1) is 24.6. The molecular weight excluding hydrogens is 405 g/mol. The van der Waals surface area contributed by atoms with Crippen LogP contribution in [0.4, 0.5) is 5.69 Å². The molecule has 2 atom stereocenters. The van der Waals surface area contributed by atoms with Crippen molar-refractivity contribution < 1.29 is 19.0 Å². The number of rotatable bonds is 4. The summed E-state index contributed by atoms with van der Waals surface area (Å²) in [6.45, 7) is 6.49. The molecule has 160 valence electrons. The van der Waals surface area contributed by atoms with Gasteiger partial charge in [0.2, 0.25) is 5.91 Å². The number of benzene rings is 1. The van der Waals surface area contributed by atoms with Crippen LogP contribution in [0.1, 0.15) is 13.3 Å². The molecule has 1 amide bonds. The first-order valence-electron chi connectivity index (χ1n) is 9.24. The number of halogens is 2. The number of amides is 1. The van der Waals surface area contributed by atoms with Crippen LogP contribution in [-0.2, 0) is 9.53 Å². The van der Waals surface area contributed by atoms with E-state index in [2.05, 4.69) is 10.2 Å². The van der Waals surface area contributed by atoms with Crippen molar-refractivity contribution in [3.63, 3.8) is 0 Å². The molecule has 1 aromatic rings. The van der Waals surface area contributed by atoms with Gasteiger partial charge < -0.3 is 29.3 Å². The van der Waals surface area contributed by atoms with Crippen LogP contribution in [0.25, 0.3) is 0 Å². The van der Waals surface area contributed by atoms with E-state index in [4.69, 9.17) is 14.2 Å². The van der Waals surface area contributed by atoms with E-state index in [0.29, 0.717) is 13.2 Å². The van der Waals surface area contributed by atoms with Gasteiger partial charge in [-0.2, -0.15) is 0 Å². The Morgan fingerprint density at radius 3 is 2.36 bits per heavy atom. The minimum Gasteiger partial charge on any atom is -0.497 e. The van der Waals surface area contributed by atoms with Crippen molar-refractivity contribution in [2.45, 2.75) is 25.5 Å². The molecule has 9 heteroatoms. The first-order valence-corrected chi connectivity index (χ1v) is 9.24. The van der Waals surface area contributed by atoms with Gasteiger partial charge in [-0.15, -0.1) is 24.8 Å². The Morgan fingerprint density at radius 2 is 1.75 bits per heavy atom. The molecule has 2 fully saturated rings. The van der Waals surface area contributed by atoms with Gasteiger partial charge in [-0.05, 0) is 13.3 Å². The van der Waals surface area contributed by atoms with Crippen LogP contribution in [0.5, 0.6) is 11.5 Å². The molecule has 1 N–H and O–H groups in total. The van der Waals surface area contributed by atoms with E-state index in [0.717, 1.165) is 49.8 Å². The van der Waals surface area contributed by atoms with Crippen molar-refractivity contribution in [3.8, 4) is 11.5 Å². The molecule has 28 heavy (non-hydrogen) atoms. The van der Waals surface area contributed by atoms with Crippen molar-refractivity contribution in [1.82, 2.24) is 10.2 Å². The summed E-state index contributed by atoms with van der Waals surface area (Å²) < 4.78 is 16.4. The fourth-order valence-corrected chi connectivity index (χ4v) is 3.58. The molecule has 1 aromatic carbocycles. The SMILES string of the molecule is COc1cc(OC)cc(N2CCCN(C(=O)[C@H]3NCCO[C@@H]3C)CC2)c1.Cl.Cl. The molecule has 2 aliphatic rings. The summed E-state index contributed by atoms with van der Waals surface area (Å²) in [6, 6.07) is 5.65. The molecule has 2 aliphatic heterocycles. The van der Waals surface area contributed by atoms with E-state index in [1.807, 2.05) is 30.0 Å². The second kappa shape index (κ2) is 11.6. The Balaban J connectivity index is 0.00000196. The van der Waals surface area contributed by atoms with Gasteiger partial charge in [0.15, 0.2) is 0 Å². The highest BCUT2D eigenvalue weighted by molar-refractivity contribution is 5.85. The van der Waals surface area contributed by atoms with Gasteiger partial charge in [-0.1, -0.05) is 0 Å². The van der Waals surface area contributed by atoms with Crippen LogP contribution in [0, 0.1) is 0 Å².